The Morgan fingerprint density at radius 1 is 1.12 bits per heavy atom. The Morgan fingerprint density at radius 2 is 1.75 bits per heavy atom. The van der Waals surface area contributed by atoms with E-state index in [1.807, 2.05) is 6.07 Å². The molecule has 0 saturated heterocycles. The van der Waals surface area contributed by atoms with E-state index in [0.29, 0.717) is 12.6 Å². The van der Waals surface area contributed by atoms with E-state index in [-0.39, 0.29) is 0 Å². The third-order valence-electron chi connectivity index (χ3n) is 2.75. The molecule has 0 fully saturated rings. The largest absolute Gasteiger partial charge is 0.329 e. The molecule has 0 aromatic heterocycles. The number of hydrogen-bond donors (Lipinski definition) is 1. The minimum Gasteiger partial charge on any atom is -0.329 e. The second-order valence-electron chi connectivity index (χ2n) is 4.55. The number of benzene rings is 1. The summed E-state index contributed by atoms with van der Waals surface area (Å²) in [7, 11) is 6.30. The Kier molecular flexibility index (Phi) is 5.46. The number of hydrogen-bond acceptors (Lipinski definition) is 3. The zero-order valence-corrected chi connectivity index (χ0v) is 10.6. The van der Waals surface area contributed by atoms with Crippen molar-refractivity contribution in [1.29, 1.82) is 0 Å². The zero-order chi connectivity index (χ0) is 12.0. The maximum Gasteiger partial charge on any atom is 0.0345 e. The first-order valence-corrected chi connectivity index (χ1v) is 5.72. The van der Waals surface area contributed by atoms with Gasteiger partial charge >= 0.3 is 0 Å². The van der Waals surface area contributed by atoms with Crippen molar-refractivity contribution in [3.63, 3.8) is 0 Å². The maximum absolute atomic E-state index is 5.81. The van der Waals surface area contributed by atoms with E-state index in [2.05, 4.69) is 55.2 Å². The molecule has 0 spiro atoms. The van der Waals surface area contributed by atoms with Gasteiger partial charge in [0.05, 0.1) is 0 Å². The first-order chi connectivity index (χ1) is 7.63. The summed E-state index contributed by atoms with van der Waals surface area (Å²) in [5.41, 5.74) is 7.14. The predicted molar refractivity (Wildman–Crippen MR) is 69.3 cm³/mol. The minimum atomic E-state index is 0.412. The summed E-state index contributed by atoms with van der Waals surface area (Å²) in [6.07, 6.45) is 0. The quantitative estimate of drug-likeness (QED) is 0.778. The maximum atomic E-state index is 5.81. The summed E-state index contributed by atoms with van der Waals surface area (Å²) >= 11 is 0. The van der Waals surface area contributed by atoms with E-state index in [9.17, 15) is 0 Å². The highest BCUT2D eigenvalue weighted by atomic mass is 15.2. The molecule has 0 radical (unpaired) electrons. The normalized spacial score (nSPS) is 13.4. The number of likely N-dealkylation sites (N-methyl/N-ethyl adjacent to an activating group) is 2. The monoisotopic (exact) mass is 221 g/mol. The van der Waals surface area contributed by atoms with Crippen molar-refractivity contribution in [2.45, 2.75) is 12.6 Å². The highest BCUT2D eigenvalue weighted by molar-refractivity contribution is 5.14. The van der Waals surface area contributed by atoms with E-state index in [0.717, 1.165) is 13.1 Å². The van der Waals surface area contributed by atoms with Gasteiger partial charge < -0.3 is 10.6 Å². The lowest BCUT2D eigenvalue weighted by Crippen LogP contribution is -2.44. The lowest BCUT2D eigenvalue weighted by molar-refractivity contribution is 0.193. The van der Waals surface area contributed by atoms with Crippen molar-refractivity contribution in [2.75, 3.05) is 34.2 Å². The van der Waals surface area contributed by atoms with Gasteiger partial charge in [-0.1, -0.05) is 30.3 Å². The van der Waals surface area contributed by atoms with Crippen LogP contribution in [0.25, 0.3) is 0 Å². The minimum absolute atomic E-state index is 0.412. The van der Waals surface area contributed by atoms with Crippen molar-refractivity contribution >= 4 is 0 Å². The van der Waals surface area contributed by atoms with Crippen LogP contribution in [0.2, 0.25) is 0 Å². The Morgan fingerprint density at radius 3 is 2.25 bits per heavy atom. The van der Waals surface area contributed by atoms with Gasteiger partial charge in [-0.25, -0.2) is 0 Å². The first-order valence-electron chi connectivity index (χ1n) is 5.72. The summed E-state index contributed by atoms with van der Waals surface area (Å²) in [5, 5.41) is 0. The molecule has 0 amide bonds. The lowest BCUT2D eigenvalue weighted by Gasteiger charge is -2.29. The third-order valence-corrected chi connectivity index (χ3v) is 2.75. The van der Waals surface area contributed by atoms with Gasteiger partial charge in [0, 0.05) is 25.7 Å². The molecule has 0 bridgehead atoms. The Hall–Kier alpha value is -0.900. The summed E-state index contributed by atoms with van der Waals surface area (Å²) in [5.74, 6) is 0. The van der Waals surface area contributed by atoms with Gasteiger partial charge in [0.1, 0.15) is 0 Å². The standard InChI is InChI=1S/C13H23N3/c1-15(2)11-13(9-14)16(3)10-12-7-5-4-6-8-12/h4-8,13H,9-11,14H2,1-3H3. The average molecular weight is 221 g/mol. The molecular formula is C13H23N3. The van der Waals surface area contributed by atoms with Crippen LogP contribution < -0.4 is 5.73 Å². The molecule has 3 nitrogen and oxygen atoms in total. The molecule has 0 aliphatic carbocycles. The molecule has 16 heavy (non-hydrogen) atoms. The van der Waals surface area contributed by atoms with Crippen molar-refractivity contribution < 1.29 is 0 Å². The summed E-state index contributed by atoms with van der Waals surface area (Å²) < 4.78 is 0. The number of rotatable bonds is 6. The van der Waals surface area contributed by atoms with Crippen LogP contribution in [-0.4, -0.2) is 50.1 Å². The second kappa shape index (κ2) is 6.63. The topological polar surface area (TPSA) is 32.5 Å². The molecule has 0 aliphatic rings. The van der Waals surface area contributed by atoms with Gasteiger partial charge in [-0.05, 0) is 26.7 Å². The van der Waals surface area contributed by atoms with E-state index >= 15 is 0 Å². The van der Waals surface area contributed by atoms with Crippen LogP contribution in [0.3, 0.4) is 0 Å². The van der Waals surface area contributed by atoms with Crippen LogP contribution in [-0.2, 0) is 6.54 Å². The van der Waals surface area contributed by atoms with Crippen molar-refractivity contribution in [3.8, 4) is 0 Å². The Labute approximate surface area is 98.8 Å². The molecular weight excluding hydrogens is 198 g/mol. The fraction of sp³-hybridized carbons (Fsp3) is 0.538. The molecule has 0 heterocycles. The predicted octanol–water partition coefficient (Wildman–Crippen LogP) is 1.01. The molecule has 1 unspecified atom stereocenters. The zero-order valence-electron chi connectivity index (χ0n) is 10.6. The van der Waals surface area contributed by atoms with Crippen LogP contribution in [0, 0.1) is 0 Å². The van der Waals surface area contributed by atoms with Gasteiger partial charge in [0.2, 0.25) is 0 Å². The van der Waals surface area contributed by atoms with Gasteiger partial charge in [-0.2, -0.15) is 0 Å². The van der Waals surface area contributed by atoms with Crippen molar-refractivity contribution in [1.82, 2.24) is 9.80 Å². The fourth-order valence-corrected chi connectivity index (χ4v) is 1.82. The van der Waals surface area contributed by atoms with E-state index < -0.39 is 0 Å². The Balaban J connectivity index is 2.52. The van der Waals surface area contributed by atoms with Crippen LogP contribution in [0.1, 0.15) is 5.56 Å². The van der Waals surface area contributed by atoms with Crippen LogP contribution in [0.5, 0.6) is 0 Å². The average Bonchev–Trinajstić information content (AvgIpc) is 2.26. The number of nitrogens with zero attached hydrogens (tertiary/aromatic N) is 2. The van der Waals surface area contributed by atoms with E-state index in [1.54, 1.807) is 0 Å². The third kappa shape index (κ3) is 4.31. The number of nitrogens with two attached hydrogens (primary N) is 1. The van der Waals surface area contributed by atoms with E-state index in [4.69, 9.17) is 5.73 Å². The summed E-state index contributed by atoms with van der Waals surface area (Å²) in [6.45, 7) is 2.65. The van der Waals surface area contributed by atoms with Crippen LogP contribution in [0.4, 0.5) is 0 Å². The van der Waals surface area contributed by atoms with Gasteiger partial charge in [0.25, 0.3) is 0 Å². The SMILES string of the molecule is CN(C)CC(CN)N(C)Cc1ccccc1. The molecule has 90 valence electrons. The summed E-state index contributed by atoms with van der Waals surface area (Å²) in [4.78, 5) is 4.49. The molecule has 0 aliphatic heterocycles. The molecule has 3 heteroatoms. The highest BCUT2D eigenvalue weighted by Gasteiger charge is 2.13. The van der Waals surface area contributed by atoms with Crippen LogP contribution in [0.15, 0.2) is 30.3 Å². The fourth-order valence-electron chi connectivity index (χ4n) is 1.82. The first kappa shape index (κ1) is 13.2. The van der Waals surface area contributed by atoms with Crippen LogP contribution >= 0.6 is 0 Å². The van der Waals surface area contributed by atoms with E-state index in [1.165, 1.54) is 5.56 Å². The van der Waals surface area contributed by atoms with Crippen molar-refractivity contribution in [2.24, 2.45) is 5.73 Å². The van der Waals surface area contributed by atoms with Crippen molar-refractivity contribution in [3.05, 3.63) is 35.9 Å². The smallest absolute Gasteiger partial charge is 0.0345 e. The van der Waals surface area contributed by atoms with Gasteiger partial charge in [-0.15, -0.1) is 0 Å². The van der Waals surface area contributed by atoms with Gasteiger partial charge in [0.15, 0.2) is 0 Å². The Bertz CT molecular complexity index is 284. The lowest BCUT2D eigenvalue weighted by atomic mass is 10.2. The summed E-state index contributed by atoms with van der Waals surface area (Å²) in [6, 6.07) is 10.9. The molecule has 1 aromatic rings. The molecule has 0 saturated carbocycles. The molecule has 1 atom stereocenters. The second-order valence-corrected chi connectivity index (χ2v) is 4.55. The van der Waals surface area contributed by atoms with Gasteiger partial charge in [-0.3, -0.25) is 4.90 Å². The molecule has 1 aromatic carbocycles. The highest BCUT2D eigenvalue weighted by Crippen LogP contribution is 2.06. The molecule has 1 rings (SSSR count). The molecule has 2 N–H and O–H groups in total.